The summed E-state index contributed by atoms with van der Waals surface area (Å²) in [6, 6.07) is 19.6. The van der Waals surface area contributed by atoms with Crippen molar-refractivity contribution in [3.8, 4) is 5.75 Å². The van der Waals surface area contributed by atoms with Crippen molar-refractivity contribution in [2.45, 2.75) is 0 Å². The first-order valence-electron chi connectivity index (χ1n) is 8.83. The van der Waals surface area contributed by atoms with E-state index in [1.54, 1.807) is 36.4 Å². The summed E-state index contributed by atoms with van der Waals surface area (Å²) >= 11 is 0. The highest BCUT2D eigenvalue weighted by Crippen LogP contribution is 2.32. The number of anilines is 1. The molecule has 1 aliphatic rings. The summed E-state index contributed by atoms with van der Waals surface area (Å²) in [7, 11) is 0. The van der Waals surface area contributed by atoms with E-state index in [4.69, 9.17) is 9.84 Å². The molecular weight excluding hydrogens is 372 g/mol. The molecule has 1 aliphatic heterocycles. The lowest BCUT2D eigenvalue weighted by Crippen LogP contribution is -2.35. The number of benzene rings is 3. The Morgan fingerprint density at radius 2 is 1.72 bits per heavy atom. The molecule has 0 aliphatic carbocycles. The lowest BCUT2D eigenvalue weighted by atomic mass is 10.0. The van der Waals surface area contributed by atoms with Gasteiger partial charge < -0.3 is 9.84 Å². The zero-order valence-corrected chi connectivity index (χ0v) is 15.2. The maximum Gasteiger partial charge on any atom is 0.341 e. The molecule has 1 fully saturated rings. The number of carbonyl (C=O) groups is 3. The molecule has 2 N–H and O–H groups in total. The van der Waals surface area contributed by atoms with Crippen molar-refractivity contribution in [3.05, 3.63) is 77.9 Å². The first-order valence-corrected chi connectivity index (χ1v) is 8.83. The normalized spacial score (nSPS) is 15.0. The lowest BCUT2D eigenvalue weighted by Gasteiger charge is -2.14. The van der Waals surface area contributed by atoms with Gasteiger partial charge in [0.1, 0.15) is 11.3 Å². The van der Waals surface area contributed by atoms with Gasteiger partial charge in [-0.1, -0.05) is 48.5 Å². The van der Waals surface area contributed by atoms with E-state index in [1.807, 2.05) is 30.3 Å². The van der Waals surface area contributed by atoms with Gasteiger partial charge in [0.05, 0.1) is 5.69 Å². The van der Waals surface area contributed by atoms with Gasteiger partial charge in [-0.15, -0.1) is 0 Å². The minimum absolute atomic E-state index is 0.0645. The number of hydrazine groups is 1. The Bertz CT molecular complexity index is 1150. The number of amides is 2. The highest BCUT2D eigenvalue weighted by molar-refractivity contribution is 6.32. The fourth-order valence-electron chi connectivity index (χ4n) is 3.15. The number of carboxylic acid groups (broad SMARTS) is 1. The molecule has 3 aromatic carbocycles. The third kappa shape index (κ3) is 3.53. The molecule has 4 rings (SSSR count). The molecule has 1 saturated heterocycles. The predicted molar refractivity (Wildman–Crippen MR) is 107 cm³/mol. The zero-order chi connectivity index (χ0) is 20.4. The molecule has 0 unspecified atom stereocenters. The topological polar surface area (TPSA) is 95.9 Å². The van der Waals surface area contributed by atoms with Crippen LogP contribution in [0.4, 0.5) is 5.69 Å². The van der Waals surface area contributed by atoms with Crippen LogP contribution in [-0.2, 0) is 14.4 Å². The zero-order valence-electron chi connectivity index (χ0n) is 15.2. The van der Waals surface area contributed by atoms with E-state index in [1.165, 1.54) is 11.1 Å². The molecule has 0 aromatic heterocycles. The van der Waals surface area contributed by atoms with Crippen LogP contribution in [-0.4, -0.2) is 29.5 Å². The number of hydrogen-bond acceptors (Lipinski definition) is 4. The molecule has 0 radical (unpaired) electrons. The number of carboxylic acids is 1. The molecule has 144 valence electrons. The number of fused-ring (bicyclic) bond motifs is 1. The van der Waals surface area contributed by atoms with E-state index in [-0.39, 0.29) is 11.3 Å². The van der Waals surface area contributed by atoms with E-state index in [0.717, 1.165) is 10.8 Å². The van der Waals surface area contributed by atoms with Crippen molar-refractivity contribution >= 4 is 40.3 Å². The first kappa shape index (κ1) is 18.2. The summed E-state index contributed by atoms with van der Waals surface area (Å²) in [5.74, 6) is -1.90. The third-order valence-corrected chi connectivity index (χ3v) is 4.48. The van der Waals surface area contributed by atoms with Gasteiger partial charge in [-0.05, 0) is 35.0 Å². The Morgan fingerprint density at radius 1 is 1.00 bits per heavy atom. The molecule has 3 aromatic rings. The monoisotopic (exact) mass is 388 g/mol. The van der Waals surface area contributed by atoms with Crippen molar-refractivity contribution < 1.29 is 24.2 Å². The van der Waals surface area contributed by atoms with Crippen LogP contribution in [0.2, 0.25) is 0 Å². The van der Waals surface area contributed by atoms with Gasteiger partial charge in [0.2, 0.25) is 0 Å². The van der Waals surface area contributed by atoms with Gasteiger partial charge in [-0.3, -0.25) is 15.0 Å². The number of para-hydroxylation sites is 1. The quantitative estimate of drug-likeness (QED) is 0.518. The molecule has 2 amide bonds. The smallest absolute Gasteiger partial charge is 0.341 e. The van der Waals surface area contributed by atoms with E-state index in [0.29, 0.717) is 11.3 Å². The minimum Gasteiger partial charge on any atom is -0.481 e. The molecule has 0 bridgehead atoms. The molecule has 29 heavy (non-hydrogen) atoms. The van der Waals surface area contributed by atoms with Crippen molar-refractivity contribution in [2.24, 2.45) is 0 Å². The van der Waals surface area contributed by atoms with E-state index < -0.39 is 24.4 Å². The van der Waals surface area contributed by atoms with Crippen LogP contribution in [0.1, 0.15) is 5.56 Å². The summed E-state index contributed by atoms with van der Waals surface area (Å²) in [6.45, 7) is -0.537. The molecule has 7 nitrogen and oxygen atoms in total. The van der Waals surface area contributed by atoms with Gasteiger partial charge in [0.15, 0.2) is 6.61 Å². The molecule has 7 heteroatoms. The van der Waals surface area contributed by atoms with Gasteiger partial charge in [-0.2, -0.15) is 0 Å². The molecule has 0 saturated carbocycles. The molecule has 1 heterocycles. The maximum absolute atomic E-state index is 12.9. The number of rotatable bonds is 5. The van der Waals surface area contributed by atoms with Crippen LogP contribution in [0.5, 0.6) is 5.75 Å². The number of ether oxygens (including phenoxy) is 1. The van der Waals surface area contributed by atoms with Crippen LogP contribution < -0.4 is 15.2 Å². The van der Waals surface area contributed by atoms with Crippen LogP contribution in [0.3, 0.4) is 0 Å². The standard InChI is InChI=1S/C22H16N2O5/c25-20(26)13-29-19-11-10-14-6-4-5-9-16(14)17(19)12-18-21(27)23-24(22(18)28)15-7-2-1-3-8-15/h1-12H,13H2,(H,23,27)(H,25,26). The Hall–Kier alpha value is -4.13. The second-order valence-corrected chi connectivity index (χ2v) is 6.36. The van der Waals surface area contributed by atoms with Crippen molar-refractivity contribution in [2.75, 3.05) is 11.6 Å². The fourth-order valence-corrected chi connectivity index (χ4v) is 3.15. The highest BCUT2D eigenvalue weighted by atomic mass is 16.5. The van der Waals surface area contributed by atoms with Gasteiger partial charge in [0.25, 0.3) is 11.8 Å². The number of carbonyl (C=O) groups excluding carboxylic acids is 2. The molecular formula is C22H16N2O5. The second kappa shape index (κ2) is 7.47. The number of hydrogen-bond donors (Lipinski definition) is 2. The SMILES string of the molecule is O=C(O)COc1ccc2ccccc2c1C=C1C(=O)NN(c2ccccc2)C1=O. The van der Waals surface area contributed by atoms with Crippen molar-refractivity contribution in [1.29, 1.82) is 0 Å². The Labute approximate surface area is 165 Å². The average Bonchev–Trinajstić information content (AvgIpc) is 3.02. The maximum atomic E-state index is 12.9. The van der Waals surface area contributed by atoms with E-state index in [2.05, 4.69) is 5.43 Å². The van der Waals surface area contributed by atoms with Gasteiger partial charge in [-0.25, -0.2) is 9.80 Å². The fraction of sp³-hybridized carbons (Fsp3) is 0.0455. The average molecular weight is 388 g/mol. The van der Waals surface area contributed by atoms with Crippen molar-refractivity contribution in [3.63, 3.8) is 0 Å². The summed E-state index contributed by atoms with van der Waals surface area (Å²) in [6.07, 6.45) is 1.44. The molecule has 0 atom stereocenters. The second-order valence-electron chi connectivity index (χ2n) is 6.36. The van der Waals surface area contributed by atoms with Gasteiger partial charge in [0, 0.05) is 5.56 Å². The Kier molecular flexibility index (Phi) is 4.70. The third-order valence-electron chi connectivity index (χ3n) is 4.48. The largest absolute Gasteiger partial charge is 0.481 e. The van der Waals surface area contributed by atoms with Gasteiger partial charge >= 0.3 is 5.97 Å². The summed E-state index contributed by atoms with van der Waals surface area (Å²) < 4.78 is 5.40. The lowest BCUT2D eigenvalue weighted by molar-refractivity contribution is -0.139. The number of nitrogens with zero attached hydrogens (tertiary/aromatic N) is 1. The van der Waals surface area contributed by atoms with E-state index >= 15 is 0 Å². The Morgan fingerprint density at radius 3 is 2.48 bits per heavy atom. The first-order chi connectivity index (χ1) is 14.0. The van der Waals surface area contributed by atoms with Crippen LogP contribution in [0.15, 0.2) is 72.3 Å². The highest BCUT2D eigenvalue weighted by Gasteiger charge is 2.34. The van der Waals surface area contributed by atoms with E-state index in [9.17, 15) is 14.4 Å². The van der Waals surface area contributed by atoms with Crippen LogP contribution in [0, 0.1) is 0 Å². The number of aliphatic carboxylic acids is 1. The molecule has 0 spiro atoms. The minimum atomic E-state index is -1.12. The summed E-state index contributed by atoms with van der Waals surface area (Å²) in [5.41, 5.74) is 3.49. The number of nitrogens with one attached hydrogen (secondary N) is 1. The van der Waals surface area contributed by atoms with Crippen molar-refractivity contribution in [1.82, 2.24) is 5.43 Å². The summed E-state index contributed by atoms with van der Waals surface area (Å²) in [4.78, 5) is 36.3. The van der Waals surface area contributed by atoms with Crippen LogP contribution >= 0.6 is 0 Å². The predicted octanol–water partition coefficient (Wildman–Crippen LogP) is 2.76. The van der Waals surface area contributed by atoms with Crippen LogP contribution in [0.25, 0.3) is 16.8 Å². The summed E-state index contributed by atoms with van der Waals surface area (Å²) in [5, 5.41) is 11.7. The Balaban J connectivity index is 1.80.